The third-order valence-electron chi connectivity index (χ3n) is 4.23. The van der Waals surface area contributed by atoms with Gasteiger partial charge in [-0.1, -0.05) is 48.6 Å². The van der Waals surface area contributed by atoms with Gasteiger partial charge in [0.05, 0.1) is 18.1 Å². The van der Waals surface area contributed by atoms with E-state index < -0.39 is 0 Å². The Morgan fingerprint density at radius 1 is 1.12 bits per heavy atom. The number of aromatic nitrogens is 2. The number of rotatable bonds is 4. The third kappa shape index (κ3) is 2.78. The average Bonchev–Trinajstić information content (AvgIpc) is 3.18. The van der Waals surface area contributed by atoms with Crippen molar-refractivity contribution in [1.29, 1.82) is 0 Å². The van der Waals surface area contributed by atoms with E-state index in [0.717, 1.165) is 28.3 Å². The molecule has 0 aliphatic carbocycles. The fraction of sp³-hybridized carbons (Fsp3) is 0.150. The van der Waals surface area contributed by atoms with Crippen molar-refractivity contribution >= 4 is 22.3 Å². The summed E-state index contributed by atoms with van der Waals surface area (Å²) in [5, 5.41) is 10.2. The van der Waals surface area contributed by atoms with Crippen molar-refractivity contribution in [3.63, 3.8) is 0 Å². The summed E-state index contributed by atoms with van der Waals surface area (Å²) >= 11 is 1.37. The van der Waals surface area contributed by atoms with E-state index in [-0.39, 0.29) is 5.43 Å². The summed E-state index contributed by atoms with van der Waals surface area (Å²) in [6, 6.07) is 13.4. The monoisotopic (exact) mass is 364 g/mol. The van der Waals surface area contributed by atoms with Gasteiger partial charge in [0.2, 0.25) is 5.43 Å². The van der Waals surface area contributed by atoms with Crippen LogP contribution >= 0.6 is 11.3 Å². The van der Waals surface area contributed by atoms with Crippen molar-refractivity contribution in [3.05, 3.63) is 64.5 Å². The Kier molecular flexibility index (Phi) is 4.26. The van der Waals surface area contributed by atoms with Gasteiger partial charge in [-0.15, -0.1) is 10.2 Å². The molecular weight excluding hydrogens is 348 g/mol. The van der Waals surface area contributed by atoms with Crippen LogP contribution in [0.4, 0.5) is 0 Å². The van der Waals surface area contributed by atoms with Gasteiger partial charge in [-0.2, -0.15) is 0 Å². The van der Waals surface area contributed by atoms with E-state index in [9.17, 15) is 4.79 Å². The molecule has 4 aromatic rings. The van der Waals surface area contributed by atoms with Crippen molar-refractivity contribution in [2.24, 2.45) is 0 Å². The minimum Gasteiger partial charge on any atom is -0.496 e. The predicted octanol–water partition coefficient (Wildman–Crippen LogP) is 4.55. The number of nitrogens with zero attached hydrogens (tertiary/aromatic N) is 2. The maximum absolute atomic E-state index is 13.0. The van der Waals surface area contributed by atoms with Crippen LogP contribution in [0.15, 0.2) is 57.9 Å². The quantitative estimate of drug-likeness (QED) is 0.531. The van der Waals surface area contributed by atoms with E-state index in [1.807, 2.05) is 43.3 Å². The van der Waals surface area contributed by atoms with E-state index in [1.54, 1.807) is 13.2 Å². The molecule has 0 bridgehead atoms. The van der Waals surface area contributed by atoms with Crippen molar-refractivity contribution in [3.8, 4) is 26.9 Å². The van der Waals surface area contributed by atoms with Crippen LogP contribution in [0, 0.1) is 0 Å². The van der Waals surface area contributed by atoms with Crippen molar-refractivity contribution in [2.45, 2.75) is 13.3 Å². The number of hydrogen-bond donors (Lipinski definition) is 0. The Morgan fingerprint density at radius 3 is 2.62 bits per heavy atom. The third-order valence-corrected chi connectivity index (χ3v) is 5.24. The Hall–Kier alpha value is -2.99. The molecule has 2 aromatic carbocycles. The van der Waals surface area contributed by atoms with Crippen LogP contribution in [0.3, 0.4) is 0 Å². The number of benzene rings is 2. The molecule has 2 heterocycles. The highest BCUT2D eigenvalue weighted by molar-refractivity contribution is 7.17. The number of ether oxygens (including phenoxy) is 1. The molecule has 0 N–H and O–H groups in total. The second-order valence-electron chi connectivity index (χ2n) is 5.77. The fourth-order valence-corrected chi connectivity index (χ4v) is 3.70. The average molecular weight is 364 g/mol. The topological polar surface area (TPSA) is 65.2 Å². The first-order valence-electron chi connectivity index (χ1n) is 8.23. The van der Waals surface area contributed by atoms with Crippen LogP contribution in [0.1, 0.15) is 12.5 Å². The minimum absolute atomic E-state index is 0.112. The SMILES string of the molecule is CCc1cc2c(=O)c(-c3nnc(-c4ccccc4)s3)coc2cc1OC. The number of methoxy groups -OCH3 is 1. The van der Waals surface area contributed by atoms with Crippen molar-refractivity contribution in [1.82, 2.24) is 10.2 Å². The van der Waals surface area contributed by atoms with Crippen LogP contribution in [-0.2, 0) is 6.42 Å². The summed E-state index contributed by atoms with van der Waals surface area (Å²) in [4.78, 5) is 13.0. The lowest BCUT2D eigenvalue weighted by Gasteiger charge is -2.08. The van der Waals surface area contributed by atoms with Gasteiger partial charge in [-0.05, 0) is 18.1 Å². The van der Waals surface area contributed by atoms with Crippen LogP contribution in [0.5, 0.6) is 5.75 Å². The highest BCUT2D eigenvalue weighted by Crippen LogP contribution is 2.30. The molecule has 2 aromatic heterocycles. The molecule has 0 fully saturated rings. The van der Waals surface area contributed by atoms with E-state index in [0.29, 0.717) is 21.5 Å². The molecule has 0 saturated heterocycles. The molecule has 6 heteroatoms. The van der Waals surface area contributed by atoms with E-state index in [4.69, 9.17) is 9.15 Å². The van der Waals surface area contributed by atoms with Crippen LogP contribution in [0.2, 0.25) is 0 Å². The molecule has 0 saturated carbocycles. The predicted molar refractivity (Wildman–Crippen MR) is 103 cm³/mol. The minimum atomic E-state index is -0.112. The molecule has 0 amide bonds. The number of hydrogen-bond acceptors (Lipinski definition) is 6. The second-order valence-corrected chi connectivity index (χ2v) is 6.75. The van der Waals surface area contributed by atoms with Crippen LogP contribution in [-0.4, -0.2) is 17.3 Å². The molecule has 130 valence electrons. The standard InChI is InChI=1S/C20H16N2O3S/c1-3-12-9-14-17(10-16(12)24-2)25-11-15(18(14)23)20-22-21-19(26-20)13-7-5-4-6-8-13/h4-11H,3H2,1-2H3. The first-order valence-corrected chi connectivity index (χ1v) is 9.04. The Labute approximate surface area is 153 Å². The lowest BCUT2D eigenvalue weighted by atomic mass is 10.1. The molecule has 0 aliphatic rings. The maximum Gasteiger partial charge on any atom is 0.203 e. The summed E-state index contributed by atoms with van der Waals surface area (Å²) in [6.45, 7) is 2.02. The summed E-state index contributed by atoms with van der Waals surface area (Å²) in [7, 11) is 1.61. The molecule has 0 radical (unpaired) electrons. The highest BCUT2D eigenvalue weighted by Gasteiger charge is 2.16. The molecule has 0 atom stereocenters. The second kappa shape index (κ2) is 6.72. The van der Waals surface area contributed by atoms with E-state index in [1.165, 1.54) is 17.6 Å². The van der Waals surface area contributed by atoms with Crippen LogP contribution in [0.25, 0.3) is 32.1 Å². The zero-order valence-corrected chi connectivity index (χ0v) is 15.2. The highest BCUT2D eigenvalue weighted by atomic mass is 32.1. The van der Waals surface area contributed by atoms with Gasteiger partial charge in [0.25, 0.3) is 0 Å². The van der Waals surface area contributed by atoms with Gasteiger partial charge in [-0.3, -0.25) is 4.79 Å². The summed E-state index contributed by atoms with van der Waals surface area (Å²) in [5.41, 5.74) is 2.75. The summed E-state index contributed by atoms with van der Waals surface area (Å²) in [6.07, 6.45) is 2.21. The lowest BCUT2D eigenvalue weighted by molar-refractivity contribution is 0.409. The normalized spacial score (nSPS) is 11.0. The molecule has 26 heavy (non-hydrogen) atoms. The fourth-order valence-electron chi connectivity index (χ4n) is 2.85. The zero-order chi connectivity index (χ0) is 18.1. The van der Waals surface area contributed by atoms with Gasteiger partial charge in [0.15, 0.2) is 5.01 Å². The first-order chi connectivity index (χ1) is 12.7. The van der Waals surface area contributed by atoms with E-state index >= 15 is 0 Å². The zero-order valence-electron chi connectivity index (χ0n) is 14.4. The van der Waals surface area contributed by atoms with Gasteiger partial charge in [0, 0.05) is 11.6 Å². The first kappa shape index (κ1) is 16.5. The smallest absolute Gasteiger partial charge is 0.203 e. The largest absolute Gasteiger partial charge is 0.496 e. The van der Waals surface area contributed by atoms with Crippen molar-refractivity contribution < 1.29 is 9.15 Å². The Morgan fingerprint density at radius 2 is 1.88 bits per heavy atom. The molecule has 5 nitrogen and oxygen atoms in total. The van der Waals surface area contributed by atoms with Gasteiger partial charge in [-0.25, -0.2) is 0 Å². The van der Waals surface area contributed by atoms with Gasteiger partial charge >= 0.3 is 0 Å². The number of fused-ring (bicyclic) bond motifs is 1. The summed E-state index contributed by atoms with van der Waals surface area (Å²) in [5.74, 6) is 0.721. The molecular formula is C20H16N2O3S. The molecule has 0 spiro atoms. The molecule has 4 rings (SSSR count). The summed E-state index contributed by atoms with van der Waals surface area (Å²) < 4.78 is 11.1. The van der Waals surface area contributed by atoms with Gasteiger partial charge in [0.1, 0.15) is 22.6 Å². The van der Waals surface area contributed by atoms with Crippen molar-refractivity contribution in [2.75, 3.05) is 7.11 Å². The lowest BCUT2D eigenvalue weighted by Crippen LogP contribution is -2.05. The Bertz CT molecular complexity index is 1130. The van der Waals surface area contributed by atoms with Gasteiger partial charge < -0.3 is 9.15 Å². The molecule has 0 aliphatic heterocycles. The molecule has 0 unspecified atom stereocenters. The van der Waals surface area contributed by atoms with Crippen LogP contribution < -0.4 is 10.2 Å². The number of aryl methyl sites for hydroxylation is 1. The maximum atomic E-state index is 13.0. The Balaban J connectivity index is 1.84. The van der Waals surface area contributed by atoms with E-state index in [2.05, 4.69) is 10.2 Å².